The first-order chi connectivity index (χ1) is 13.0. The number of aryl methyl sites for hydroxylation is 1. The smallest absolute Gasteiger partial charge is 0.277 e. The van der Waals surface area contributed by atoms with E-state index in [0.717, 1.165) is 0 Å². The van der Waals surface area contributed by atoms with E-state index < -0.39 is 4.92 Å². The summed E-state index contributed by atoms with van der Waals surface area (Å²) < 4.78 is 1.17. The molecule has 1 amide bonds. The third kappa shape index (κ3) is 4.14. The van der Waals surface area contributed by atoms with Crippen LogP contribution in [0.25, 0.3) is 10.9 Å². The maximum atomic E-state index is 12.4. The van der Waals surface area contributed by atoms with Gasteiger partial charge in [0.1, 0.15) is 5.52 Å². The average Bonchev–Trinajstić information content (AvgIpc) is 2.67. The number of non-ortho nitro benzene ring substituents is 1. The molecule has 0 aliphatic carbocycles. The zero-order chi connectivity index (χ0) is 19.4. The molecule has 0 saturated heterocycles. The number of hydrogen-bond donors (Lipinski definition) is 0. The molecule has 3 rings (SSSR count). The van der Waals surface area contributed by atoms with Crippen molar-refractivity contribution in [3.8, 4) is 0 Å². The summed E-state index contributed by atoms with van der Waals surface area (Å²) in [7, 11) is 1.61. The van der Waals surface area contributed by atoms with Gasteiger partial charge in [-0.2, -0.15) is 0 Å². The number of nitrogens with zero attached hydrogens (tertiary/aromatic N) is 5. The summed E-state index contributed by atoms with van der Waals surface area (Å²) in [6.07, 6.45) is 0.0678. The first kappa shape index (κ1) is 18.2. The molecule has 2 aromatic carbocycles. The first-order valence-corrected chi connectivity index (χ1v) is 8.25. The second kappa shape index (κ2) is 7.73. The molecule has 0 aliphatic heterocycles. The van der Waals surface area contributed by atoms with Crippen molar-refractivity contribution in [1.82, 2.24) is 19.9 Å². The Kier molecular flexibility index (Phi) is 5.20. The molecule has 9 heteroatoms. The lowest BCUT2D eigenvalue weighted by molar-refractivity contribution is -0.384. The van der Waals surface area contributed by atoms with Gasteiger partial charge in [-0.15, -0.1) is 5.10 Å². The van der Waals surface area contributed by atoms with Crippen molar-refractivity contribution in [3.05, 3.63) is 74.6 Å². The lowest BCUT2D eigenvalue weighted by atomic mass is 10.2. The minimum absolute atomic E-state index is 0.0219. The minimum atomic E-state index is -0.476. The average molecular weight is 367 g/mol. The standard InChI is InChI=1S/C18H17N5O4/c1-21(12-13-5-4-6-14(11-13)23(26)27)17(24)9-10-22-18(25)15-7-2-3-8-16(15)19-20-22/h2-8,11H,9-10,12H2,1H3. The van der Waals surface area contributed by atoms with E-state index in [0.29, 0.717) is 16.5 Å². The van der Waals surface area contributed by atoms with Crippen molar-refractivity contribution in [1.29, 1.82) is 0 Å². The number of nitro benzene ring substituents is 1. The Labute approximate surface area is 154 Å². The number of nitro groups is 1. The Morgan fingerprint density at radius 3 is 2.78 bits per heavy atom. The predicted molar refractivity (Wildman–Crippen MR) is 98.0 cm³/mol. The molecular weight excluding hydrogens is 350 g/mol. The largest absolute Gasteiger partial charge is 0.341 e. The zero-order valence-electron chi connectivity index (χ0n) is 14.6. The molecule has 138 valence electrons. The maximum Gasteiger partial charge on any atom is 0.277 e. The van der Waals surface area contributed by atoms with Gasteiger partial charge in [-0.1, -0.05) is 29.5 Å². The molecule has 0 N–H and O–H groups in total. The number of fused-ring (bicyclic) bond motifs is 1. The van der Waals surface area contributed by atoms with E-state index in [1.807, 2.05) is 0 Å². The van der Waals surface area contributed by atoms with Gasteiger partial charge >= 0.3 is 0 Å². The van der Waals surface area contributed by atoms with Gasteiger partial charge in [0, 0.05) is 32.1 Å². The fourth-order valence-corrected chi connectivity index (χ4v) is 2.69. The van der Waals surface area contributed by atoms with E-state index in [1.165, 1.54) is 21.7 Å². The number of carbonyl (C=O) groups is 1. The second-order valence-corrected chi connectivity index (χ2v) is 6.06. The van der Waals surface area contributed by atoms with Gasteiger partial charge in [-0.05, 0) is 17.7 Å². The third-order valence-electron chi connectivity index (χ3n) is 4.13. The molecule has 1 aromatic heterocycles. The molecule has 0 fully saturated rings. The van der Waals surface area contributed by atoms with Crippen LogP contribution >= 0.6 is 0 Å². The fourth-order valence-electron chi connectivity index (χ4n) is 2.69. The van der Waals surface area contributed by atoms with Crippen LogP contribution in [0.2, 0.25) is 0 Å². The van der Waals surface area contributed by atoms with E-state index >= 15 is 0 Å². The SMILES string of the molecule is CN(Cc1cccc([N+](=O)[O-])c1)C(=O)CCn1nnc2ccccc2c1=O. The molecule has 0 spiro atoms. The van der Waals surface area contributed by atoms with Crippen molar-refractivity contribution < 1.29 is 9.72 Å². The Bertz CT molecular complexity index is 1060. The van der Waals surface area contributed by atoms with Crippen LogP contribution in [0.1, 0.15) is 12.0 Å². The number of aromatic nitrogens is 3. The van der Waals surface area contributed by atoms with Gasteiger partial charge < -0.3 is 4.90 Å². The molecule has 0 saturated carbocycles. The van der Waals surface area contributed by atoms with Gasteiger partial charge in [0.05, 0.1) is 16.9 Å². The minimum Gasteiger partial charge on any atom is -0.341 e. The van der Waals surface area contributed by atoms with Crippen molar-refractivity contribution in [3.63, 3.8) is 0 Å². The Hall–Kier alpha value is -3.62. The molecule has 0 atom stereocenters. The van der Waals surface area contributed by atoms with Crippen molar-refractivity contribution in [2.24, 2.45) is 0 Å². The van der Waals surface area contributed by atoms with Gasteiger partial charge in [-0.25, -0.2) is 4.68 Å². The predicted octanol–water partition coefficient (Wildman–Crippen LogP) is 1.75. The van der Waals surface area contributed by atoms with E-state index in [-0.39, 0.29) is 36.7 Å². The van der Waals surface area contributed by atoms with E-state index in [4.69, 9.17) is 0 Å². The van der Waals surface area contributed by atoms with E-state index in [9.17, 15) is 19.7 Å². The summed E-state index contributed by atoms with van der Waals surface area (Å²) in [4.78, 5) is 36.5. The number of benzene rings is 2. The van der Waals surface area contributed by atoms with Crippen LogP contribution in [0.5, 0.6) is 0 Å². The van der Waals surface area contributed by atoms with Crippen molar-refractivity contribution in [2.75, 3.05) is 7.05 Å². The van der Waals surface area contributed by atoms with Gasteiger partial charge in [0.25, 0.3) is 11.2 Å². The highest BCUT2D eigenvalue weighted by Crippen LogP contribution is 2.14. The van der Waals surface area contributed by atoms with Crippen LogP contribution < -0.4 is 5.56 Å². The molecule has 0 bridgehead atoms. The molecule has 27 heavy (non-hydrogen) atoms. The maximum absolute atomic E-state index is 12.4. The quantitative estimate of drug-likeness (QED) is 0.485. The monoisotopic (exact) mass is 367 g/mol. The van der Waals surface area contributed by atoms with Crippen LogP contribution in [0.4, 0.5) is 5.69 Å². The molecule has 3 aromatic rings. The highest BCUT2D eigenvalue weighted by atomic mass is 16.6. The summed E-state index contributed by atoms with van der Waals surface area (Å²) in [5.74, 6) is -0.205. The van der Waals surface area contributed by atoms with Crippen molar-refractivity contribution >= 4 is 22.5 Å². The Balaban J connectivity index is 1.65. The van der Waals surface area contributed by atoms with Crippen molar-refractivity contribution in [2.45, 2.75) is 19.5 Å². The van der Waals surface area contributed by atoms with Gasteiger partial charge in [0.15, 0.2) is 0 Å². The number of carbonyl (C=O) groups excluding carboxylic acids is 1. The van der Waals surface area contributed by atoms with Crippen LogP contribution in [-0.4, -0.2) is 37.8 Å². The molecule has 1 heterocycles. The number of rotatable bonds is 6. The Morgan fingerprint density at radius 2 is 2.00 bits per heavy atom. The third-order valence-corrected chi connectivity index (χ3v) is 4.13. The highest BCUT2D eigenvalue weighted by molar-refractivity contribution is 5.77. The summed E-state index contributed by atoms with van der Waals surface area (Å²) >= 11 is 0. The lowest BCUT2D eigenvalue weighted by Crippen LogP contribution is -2.30. The summed E-state index contributed by atoms with van der Waals surface area (Å²) in [6, 6.07) is 13.0. The Morgan fingerprint density at radius 1 is 1.22 bits per heavy atom. The topological polar surface area (TPSA) is 111 Å². The first-order valence-electron chi connectivity index (χ1n) is 8.25. The fraction of sp³-hybridized carbons (Fsp3) is 0.222. The zero-order valence-corrected chi connectivity index (χ0v) is 14.6. The van der Waals surface area contributed by atoms with Gasteiger partial charge in [0.2, 0.25) is 5.91 Å². The highest BCUT2D eigenvalue weighted by Gasteiger charge is 2.13. The molecular formula is C18H17N5O4. The van der Waals surface area contributed by atoms with Gasteiger partial charge in [-0.3, -0.25) is 19.7 Å². The summed E-state index contributed by atoms with van der Waals surface area (Å²) in [6.45, 7) is 0.341. The van der Waals surface area contributed by atoms with E-state index in [2.05, 4.69) is 10.3 Å². The van der Waals surface area contributed by atoms with Crippen LogP contribution in [0, 0.1) is 10.1 Å². The number of amides is 1. The molecule has 0 radical (unpaired) electrons. The molecule has 9 nitrogen and oxygen atoms in total. The molecule has 0 unspecified atom stereocenters. The molecule has 0 aliphatic rings. The number of hydrogen-bond acceptors (Lipinski definition) is 6. The van der Waals surface area contributed by atoms with Crippen LogP contribution in [0.15, 0.2) is 53.3 Å². The van der Waals surface area contributed by atoms with Crippen LogP contribution in [0.3, 0.4) is 0 Å². The lowest BCUT2D eigenvalue weighted by Gasteiger charge is -2.17. The summed E-state index contributed by atoms with van der Waals surface area (Å²) in [5.41, 5.74) is 0.844. The normalized spacial score (nSPS) is 10.7. The summed E-state index contributed by atoms with van der Waals surface area (Å²) in [5, 5.41) is 19.1. The van der Waals surface area contributed by atoms with Crippen LogP contribution in [-0.2, 0) is 17.9 Å². The second-order valence-electron chi connectivity index (χ2n) is 6.06. The van der Waals surface area contributed by atoms with E-state index in [1.54, 1.807) is 43.4 Å².